The summed E-state index contributed by atoms with van der Waals surface area (Å²) in [6.07, 6.45) is -2.93. The minimum Gasteiger partial charge on any atom is -0.493 e. The summed E-state index contributed by atoms with van der Waals surface area (Å²) in [5.41, 5.74) is 3.78. The van der Waals surface area contributed by atoms with Gasteiger partial charge >= 0.3 is 6.18 Å². The fraction of sp³-hybridized carbons (Fsp3) is 0.333. The first-order valence-corrected chi connectivity index (χ1v) is 10.8. The van der Waals surface area contributed by atoms with Gasteiger partial charge in [-0.15, -0.1) is 0 Å². The zero-order valence-electron chi connectivity index (χ0n) is 19.1. The number of alkyl halides is 3. The van der Waals surface area contributed by atoms with Crippen molar-refractivity contribution in [3.63, 3.8) is 0 Å². The monoisotopic (exact) mass is 471 g/mol. The molecule has 5 rings (SSSR count). The van der Waals surface area contributed by atoms with Crippen molar-refractivity contribution < 1.29 is 22.6 Å². The van der Waals surface area contributed by atoms with E-state index < -0.39 is 18.3 Å². The first-order valence-electron chi connectivity index (χ1n) is 10.8. The van der Waals surface area contributed by atoms with Gasteiger partial charge in [0.2, 0.25) is 0 Å². The van der Waals surface area contributed by atoms with E-state index in [4.69, 9.17) is 9.47 Å². The minimum absolute atomic E-state index is 0.201. The lowest BCUT2D eigenvalue weighted by atomic mass is 9.96. The predicted octanol–water partition coefficient (Wildman–Crippen LogP) is 5.42. The number of benzene rings is 2. The Kier molecular flexibility index (Phi) is 5.18. The normalized spacial score (nSPS) is 18.0. The number of anilines is 1. The molecule has 2 atom stereocenters. The number of nitrogens with zero attached hydrogens (tertiary/aromatic N) is 4. The van der Waals surface area contributed by atoms with E-state index in [1.165, 1.54) is 14.2 Å². The first kappa shape index (κ1) is 22.1. The van der Waals surface area contributed by atoms with Crippen molar-refractivity contribution in [2.24, 2.45) is 7.05 Å². The Hall–Kier alpha value is -3.69. The molecule has 0 amide bonds. The van der Waals surface area contributed by atoms with Gasteiger partial charge in [0.15, 0.2) is 17.5 Å². The van der Waals surface area contributed by atoms with Gasteiger partial charge in [-0.25, -0.2) is 4.68 Å². The highest BCUT2D eigenvalue weighted by Gasteiger charge is 2.46. The molecule has 0 spiro atoms. The third kappa shape index (κ3) is 3.63. The van der Waals surface area contributed by atoms with Crippen LogP contribution in [-0.4, -0.2) is 40.0 Å². The van der Waals surface area contributed by atoms with Gasteiger partial charge < -0.3 is 14.8 Å². The molecule has 1 aliphatic heterocycles. The molecule has 0 radical (unpaired) electrons. The average Bonchev–Trinajstić information content (AvgIpc) is 3.39. The number of nitrogens with one attached hydrogen (secondary N) is 1. The zero-order valence-corrected chi connectivity index (χ0v) is 19.1. The van der Waals surface area contributed by atoms with Gasteiger partial charge in [-0.1, -0.05) is 6.07 Å². The van der Waals surface area contributed by atoms with Crippen LogP contribution in [0.4, 0.5) is 19.0 Å². The third-order valence-corrected chi connectivity index (χ3v) is 6.37. The Balaban J connectivity index is 1.57. The van der Waals surface area contributed by atoms with E-state index in [-0.39, 0.29) is 6.42 Å². The van der Waals surface area contributed by atoms with Crippen molar-refractivity contribution in [1.82, 2.24) is 19.6 Å². The van der Waals surface area contributed by atoms with Crippen LogP contribution in [0.2, 0.25) is 0 Å². The maximum Gasteiger partial charge on any atom is 0.410 e. The van der Waals surface area contributed by atoms with Crippen LogP contribution in [0.25, 0.3) is 22.2 Å². The number of methoxy groups -OCH3 is 2. The summed E-state index contributed by atoms with van der Waals surface area (Å²) >= 11 is 0. The Morgan fingerprint density at radius 3 is 2.53 bits per heavy atom. The molecule has 1 N–H and O–H groups in total. The van der Waals surface area contributed by atoms with E-state index in [0.29, 0.717) is 28.6 Å². The van der Waals surface area contributed by atoms with Gasteiger partial charge in [-0.05, 0) is 42.3 Å². The topological polar surface area (TPSA) is 66.1 Å². The van der Waals surface area contributed by atoms with Gasteiger partial charge in [0.05, 0.1) is 37.7 Å². The van der Waals surface area contributed by atoms with Gasteiger partial charge in [-0.2, -0.15) is 23.4 Å². The average molecular weight is 471 g/mol. The highest BCUT2D eigenvalue weighted by molar-refractivity contribution is 5.86. The molecular weight excluding hydrogens is 447 g/mol. The van der Waals surface area contributed by atoms with E-state index in [0.717, 1.165) is 26.7 Å². The van der Waals surface area contributed by atoms with Gasteiger partial charge in [0.25, 0.3) is 0 Å². The van der Waals surface area contributed by atoms with E-state index in [9.17, 15) is 13.2 Å². The van der Waals surface area contributed by atoms with Gasteiger partial charge in [0, 0.05) is 30.5 Å². The summed E-state index contributed by atoms with van der Waals surface area (Å²) in [6, 6.07) is 8.37. The van der Waals surface area contributed by atoms with Gasteiger partial charge in [0.1, 0.15) is 5.82 Å². The molecule has 1 aliphatic rings. The van der Waals surface area contributed by atoms with Crippen LogP contribution in [0, 0.1) is 6.92 Å². The fourth-order valence-electron chi connectivity index (χ4n) is 4.57. The summed E-state index contributed by atoms with van der Waals surface area (Å²) in [7, 11) is 4.86. The third-order valence-electron chi connectivity index (χ3n) is 6.37. The standard InChI is InChI=1S/C24H24F3N5O2/c1-13-7-19-15(12-28-31(19)2)8-16(13)18-11-23-29-17(10-22(24(25,26)27)32(23)30-18)14-5-6-20(33-3)21(9-14)34-4/h5-9,11-12,17,22,29H,10H2,1-4H3/t17-,22+/m0/s1. The lowest BCUT2D eigenvalue weighted by molar-refractivity contribution is -0.173. The number of fused-ring (bicyclic) bond motifs is 2. The molecule has 4 aromatic rings. The summed E-state index contributed by atoms with van der Waals surface area (Å²) < 4.78 is 55.8. The van der Waals surface area contributed by atoms with Gasteiger partial charge in [-0.3, -0.25) is 4.68 Å². The number of aromatic nitrogens is 4. The van der Waals surface area contributed by atoms with Crippen LogP contribution in [-0.2, 0) is 7.05 Å². The summed E-state index contributed by atoms with van der Waals surface area (Å²) in [5, 5.41) is 12.8. The second-order valence-corrected chi connectivity index (χ2v) is 8.46. The summed E-state index contributed by atoms with van der Waals surface area (Å²) in [6.45, 7) is 1.92. The highest BCUT2D eigenvalue weighted by atomic mass is 19.4. The van der Waals surface area contributed by atoms with Crippen molar-refractivity contribution in [3.05, 3.63) is 53.7 Å². The second-order valence-electron chi connectivity index (χ2n) is 8.46. The number of aryl methyl sites for hydroxylation is 2. The Bertz CT molecular complexity index is 1380. The van der Waals surface area contributed by atoms with Crippen LogP contribution >= 0.6 is 0 Å². The molecule has 7 nitrogen and oxygen atoms in total. The minimum atomic E-state index is -4.46. The smallest absolute Gasteiger partial charge is 0.410 e. The Labute approximate surface area is 194 Å². The summed E-state index contributed by atoms with van der Waals surface area (Å²) in [4.78, 5) is 0. The van der Waals surface area contributed by atoms with Crippen LogP contribution < -0.4 is 14.8 Å². The van der Waals surface area contributed by atoms with Crippen molar-refractivity contribution >= 4 is 16.7 Å². The molecule has 0 saturated carbocycles. The van der Waals surface area contributed by atoms with Crippen molar-refractivity contribution in [2.45, 2.75) is 31.6 Å². The highest BCUT2D eigenvalue weighted by Crippen LogP contribution is 2.45. The maximum atomic E-state index is 14.1. The molecular formula is C24H24F3N5O2. The second kappa shape index (κ2) is 7.96. The predicted molar refractivity (Wildman–Crippen MR) is 122 cm³/mol. The number of rotatable bonds is 4. The van der Waals surface area contributed by atoms with Crippen molar-refractivity contribution in [1.29, 1.82) is 0 Å². The molecule has 178 valence electrons. The molecule has 10 heteroatoms. The molecule has 3 heterocycles. The molecule has 0 saturated heterocycles. The fourth-order valence-corrected chi connectivity index (χ4v) is 4.57. The molecule has 34 heavy (non-hydrogen) atoms. The number of ether oxygens (including phenoxy) is 2. The van der Waals surface area contributed by atoms with Crippen LogP contribution in [0.5, 0.6) is 11.5 Å². The quantitative estimate of drug-likeness (QED) is 0.430. The Morgan fingerprint density at radius 2 is 1.82 bits per heavy atom. The zero-order chi connectivity index (χ0) is 24.2. The van der Waals surface area contributed by atoms with Crippen molar-refractivity contribution in [2.75, 3.05) is 19.5 Å². The maximum absolute atomic E-state index is 14.1. The SMILES string of the molecule is COc1ccc([C@@H]2C[C@H](C(F)(F)F)n3nc(-c4cc5cnn(C)c5cc4C)cc3N2)cc1OC. The van der Waals surface area contributed by atoms with Crippen LogP contribution in [0.3, 0.4) is 0 Å². The van der Waals surface area contributed by atoms with Crippen molar-refractivity contribution in [3.8, 4) is 22.8 Å². The van der Waals surface area contributed by atoms with E-state index in [2.05, 4.69) is 15.5 Å². The lowest BCUT2D eigenvalue weighted by Crippen LogP contribution is -2.35. The number of halogens is 3. The molecule has 0 unspecified atom stereocenters. The number of hydrogen-bond acceptors (Lipinski definition) is 5. The number of hydrogen-bond donors (Lipinski definition) is 1. The largest absolute Gasteiger partial charge is 0.493 e. The molecule has 2 aromatic carbocycles. The molecule has 0 aliphatic carbocycles. The molecule has 0 bridgehead atoms. The summed E-state index contributed by atoms with van der Waals surface area (Å²) in [5.74, 6) is 1.29. The van der Waals surface area contributed by atoms with Crippen LogP contribution in [0.1, 0.15) is 29.6 Å². The molecule has 2 aromatic heterocycles. The first-order chi connectivity index (χ1) is 16.2. The van der Waals surface area contributed by atoms with E-state index >= 15 is 0 Å². The van der Waals surface area contributed by atoms with Crippen LogP contribution in [0.15, 0.2) is 42.6 Å². The van der Waals surface area contributed by atoms with E-state index in [1.54, 1.807) is 35.1 Å². The Morgan fingerprint density at radius 1 is 1.06 bits per heavy atom. The lowest BCUT2D eigenvalue weighted by Gasteiger charge is -2.33. The van der Waals surface area contributed by atoms with E-state index in [1.807, 2.05) is 26.1 Å². The molecule has 0 fully saturated rings.